The molecule has 0 amide bonds. The van der Waals surface area contributed by atoms with Crippen LogP contribution >= 0.6 is 11.8 Å². The van der Waals surface area contributed by atoms with Gasteiger partial charge in [0, 0.05) is 24.0 Å². The molecule has 0 radical (unpaired) electrons. The first-order chi connectivity index (χ1) is 14.1. The van der Waals surface area contributed by atoms with Gasteiger partial charge in [-0.1, -0.05) is 59.8 Å². The lowest BCUT2D eigenvalue weighted by molar-refractivity contribution is 0.0330. The van der Waals surface area contributed by atoms with Crippen molar-refractivity contribution in [1.82, 2.24) is 14.9 Å². The minimum Gasteiger partial charge on any atom is -0.379 e. The van der Waals surface area contributed by atoms with Gasteiger partial charge >= 0.3 is 0 Å². The molecular formula is C23H25N3O2S. The summed E-state index contributed by atoms with van der Waals surface area (Å²) in [6.45, 7) is 7.94. The van der Waals surface area contributed by atoms with Crippen LogP contribution in [-0.2, 0) is 11.3 Å². The first-order valence-corrected chi connectivity index (χ1v) is 10.8. The Kier molecular flexibility index (Phi) is 6.23. The lowest BCUT2D eigenvalue weighted by Crippen LogP contribution is -2.36. The Labute approximate surface area is 175 Å². The Morgan fingerprint density at radius 2 is 1.83 bits per heavy atom. The second kappa shape index (κ2) is 9.03. The third-order valence-corrected chi connectivity index (χ3v) is 6.18. The number of benzene rings is 2. The number of rotatable bonds is 6. The molecule has 1 saturated heterocycles. The molecule has 150 valence electrons. The van der Waals surface area contributed by atoms with Crippen molar-refractivity contribution < 1.29 is 9.53 Å². The van der Waals surface area contributed by atoms with Gasteiger partial charge in [-0.2, -0.15) is 0 Å². The number of Topliss-reactive ketones (excluding diaryl/α,β-unsaturated/α-hetero) is 1. The molecule has 4 rings (SSSR count). The number of hydrogen-bond donors (Lipinski definition) is 0. The van der Waals surface area contributed by atoms with Gasteiger partial charge in [0.1, 0.15) is 10.9 Å². The molecule has 6 heteroatoms. The molecule has 2 aromatic carbocycles. The van der Waals surface area contributed by atoms with E-state index in [0.29, 0.717) is 6.54 Å². The van der Waals surface area contributed by atoms with E-state index < -0.39 is 0 Å². The molecule has 1 atom stereocenters. The van der Waals surface area contributed by atoms with E-state index in [-0.39, 0.29) is 11.0 Å². The summed E-state index contributed by atoms with van der Waals surface area (Å²) in [4.78, 5) is 24.8. The van der Waals surface area contributed by atoms with Gasteiger partial charge in [0.25, 0.3) is 0 Å². The van der Waals surface area contributed by atoms with Crippen molar-refractivity contribution in [2.24, 2.45) is 0 Å². The van der Waals surface area contributed by atoms with Crippen LogP contribution < -0.4 is 0 Å². The SMILES string of the molecule is Cc1ccc(C(=O)C(C)Sc2nc(CN3CCOCC3)nc3ccccc23)cc1. The average molecular weight is 408 g/mol. The first-order valence-electron chi connectivity index (χ1n) is 9.93. The number of para-hydroxylation sites is 1. The molecule has 0 N–H and O–H groups in total. The molecule has 2 heterocycles. The minimum atomic E-state index is -0.229. The van der Waals surface area contributed by atoms with E-state index in [0.717, 1.165) is 59.2 Å². The highest BCUT2D eigenvalue weighted by Crippen LogP contribution is 2.30. The van der Waals surface area contributed by atoms with E-state index >= 15 is 0 Å². The molecule has 29 heavy (non-hydrogen) atoms. The smallest absolute Gasteiger partial charge is 0.175 e. The second-order valence-electron chi connectivity index (χ2n) is 7.34. The van der Waals surface area contributed by atoms with Gasteiger partial charge in [0.05, 0.1) is 30.5 Å². The van der Waals surface area contributed by atoms with Crippen LogP contribution in [0.15, 0.2) is 53.6 Å². The van der Waals surface area contributed by atoms with Gasteiger partial charge in [-0.25, -0.2) is 9.97 Å². The lowest BCUT2D eigenvalue weighted by atomic mass is 10.1. The zero-order valence-corrected chi connectivity index (χ0v) is 17.6. The number of thioether (sulfide) groups is 1. The van der Waals surface area contributed by atoms with Crippen molar-refractivity contribution in [1.29, 1.82) is 0 Å². The molecule has 1 aliphatic rings. The van der Waals surface area contributed by atoms with Crippen molar-refractivity contribution in [3.63, 3.8) is 0 Å². The average Bonchev–Trinajstić information content (AvgIpc) is 2.74. The minimum absolute atomic E-state index is 0.118. The van der Waals surface area contributed by atoms with E-state index in [1.54, 1.807) is 0 Å². The summed E-state index contributed by atoms with van der Waals surface area (Å²) in [6, 6.07) is 15.8. The van der Waals surface area contributed by atoms with Crippen molar-refractivity contribution >= 4 is 28.4 Å². The van der Waals surface area contributed by atoms with Crippen molar-refractivity contribution in [3.8, 4) is 0 Å². The fourth-order valence-electron chi connectivity index (χ4n) is 3.39. The normalized spacial score (nSPS) is 16.1. The summed E-state index contributed by atoms with van der Waals surface area (Å²) < 4.78 is 5.44. The standard InChI is InChI=1S/C23H25N3O2S/c1-16-7-9-18(10-8-16)22(27)17(2)29-23-19-5-3-4-6-20(19)24-21(25-23)15-26-11-13-28-14-12-26/h3-10,17H,11-15H2,1-2H3. The number of carbonyl (C=O) groups excluding carboxylic acids is 1. The van der Waals surface area contributed by atoms with Crippen LogP contribution in [0, 0.1) is 6.92 Å². The second-order valence-corrected chi connectivity index (χ2v) is 8.67. The van der Waals surface area contributed by atoms with Crippen molar-refractivity contribution in [2.45, 2.75) is 30.7 Å². The van der Waals surface area contributed by atoms with Crippen LogP contribution in [0.4, 0.5) is 0 Å². The van der Waals surface area contributed by atoms with E-state index in [1.807, 2.05) is 62.4 Å². The maximum atomic E-state index is 12.9. The molecule has 1 unspecified atom stereocenters. The third kappa shape index (κ3) is 4.83. The molecule has 0 saturated carbocycles. The zero-order valence-electron chi connectivity index (χ0n) is 16.8. The highest BCUT2D eigenvalue weighted by atomic mass is 32.2. The number of ketones is 1. The maximum absolute atomic E-state index is 12.9. The number of nitrogens with zero attached hydrogens (tertiary/aromatic N) is 3. The van der Waals surface area contributed by atoms with Crippen molar-refractivity contribution in [2.75, 3.05) is 26.3 Å². The molecule has 0 aliphatic carbocycles. The monoisotopic (exact) mass is 407 g/mol. The number of hydrogen-bond acceptors (Lipinski definition) is 6. The van der Waals surface area contributed by atoms with Crippen LogP contribution in [0.25, 0.3) is 10.9 Å². The lowest BCUT2D eigenvalue weighted by Gasteiger charge is -2.26. The number of ether oxygens (including phenoxy) is 1. The van der Waals surface area contributed by atoms with Crippen LogP contribution in [0.3, 0.4) is 0 Å². The molecule has 0 bridgehead atoms. The van der Waals surface area contributed by atoms with E-state index in [2.05, 4.69) is 4.90 Å². The van der Waals surface area contributed by atoms with Crippen LogP contribution in [0.1, 0.15) is 28.7 Å². The molecule has 5 nitrogen and oxygen atoms in total. The topological polar surface area (TPSA) is 55.3 Å². The summed E-state index contributed by atoms with van der Waals surface area (Å²) in [7, 11) is 0. The Hall–Kier alpha value is -2.28. The van der Waals surface area contributed by atoms with E-state index in [4.69, 9.17) is 14.7 Å². The van der Waals surface area contributed by atoms with Crippen LogP contribution in [0.5, 0.6) is 0 Å². The number of carbonyl (C=O) groups is 1. The summed E-state index contributed by atoms with van der Waals surface area (Å²) in [5.41, 5.74) is 2.81. The maximum Gasteiger partial charge on any atom is 0.175 e. The molecule has 1 aliphatic heterocycles. The number of aromatic nitrogens is 2. The van der Waals surface area contributed by atoms with Gasteiger partial charge in [-0.15, -0.1) is 0 Å². The first kappa shape index (κ1) is 20.0. The fraction of sp³-hybridized carbons (Fsp3) is 0.348. The highest BCUT2D eigenvalue weighted by molar-refractivity contribution is 8.00. The Balaban J connectivity index is 1.59. The van der Waals surface area contributed by atoms with Gasteiger partial charge in [-0.3, -0.25) is 9.69 Å². The Bertz CT molecular complexity index is 1000. The molecule has 0 spiro atoms. The van der Waals surface area contributed by atoms with Crippen molar-refractivity contribution in [3.05, 3.63) is 65.5 Å². The zero-order chi connectivity index (χ0) is 20.2. The Morgan fingerprint density at radius 1 is 1.10 bits per heavy atom. The molecule has 3 aromatic rings. The van der Waals surface area contributed by atoms with Gasteiger partial charge in [0.2, 0.25) is 0 Å². The fourth-order valence-corrected chi connectivity index (χ4v) is 4.42. The summed E-state index contributed by atoms with van der Waals surface area (Å²) in [5, 5.41) is 1.63. The summed E-state index contributed by atoms with van der Waals surface area (Å²) in [5.74, 6) is 0.913. The third-order valence-electron chi connectivity index (χ3n) is 5.08. The van der Waals surface area contributed by atoms with E-state index in [9.17, 15) is 4.79 Å². The largest absolute Gasteiger partial charge is 0.379 e. The predicted octanol–water partition coefficient (Wildman–Crippen LogP) is 4.13. The Morgan fingerprint density at radius 3 is 2.59 bits per heavy atom. The molecule has 1 fully saturated rings. The summed E-state index contributed by atoms with van der Waals surface area (Å²) >= 11 is 1.51. The number of morpholine rings is 1. The van der Waals surface area contributed by atoms with E-state index in [1.165, 1.54) is 11.8 Å². The molecular weight excluding hydrogens is 382 g/mol. The number of fused-ring (bicyclic) bond motifs is 1. The van der Waals surface area contributed by atoms with Gasteiger partial charge in [0.15, 0.2) is 5.78 Å². The van der Waals surface area contributed by atoms with Crippen LogP contribution in [0.2, 0.25) is 0 Å². The predicted molar refractivity (Wildman–Crippen MR) is 116 cm³/mol. The number of aryl methyl sites for hydroxylation is 1. The summed E-state index contributed by atoms with van der Waals surface area (Å²) in [6.07, 6.45) is 0. The quantitative estimate of drug-likeness (QED) is 0.348. The van der Waals surface area contributed by atoms with Crippen LogP contribution in [-0.4, -0.2) is 52.2 Å². The van der Waals surface area contributed by atoms with Gasteiger partial charge in [-0.05, 0) is 19.9 Å². The molecule has 1 aromatic heterocycles. The highest BCUT2D eigenvalue weighted by Gasteiger charge is 2.20. The van der Waals surface area contributed by atoms with Gasteiger partial charge < -0.3 is 4.74 Å².